The van der Waals surface area contributed by atoms with Crippen molar-refractivity contribution in [2.45, 2.75) is 70.8 Å². The summed E-state index contributed by atoms with van der Waals surface area (Å²) >= 11 is 0. The molecule has 0 aromatic heterocycles. The minimum absolute atomic E-state index is 0.0561. The van der Waals surface area contributed by atoms with Crippen LogP contribution in [0.1, 0.15) is 65.2 Å². The molecule has 0 aromatic carbocycles. The van der Waals surface area contributed by atoms with Crippen molar-refractivity contribution in [3.63, 3.8) is 0 Å². The molecule has 0 N–H and O–H groups in total. The minimum Gasteiger partial charge on any atom is -0.458 e. The van der Waals surface area contributed by atoms with Crippen molar-refractivity contribution in [1.82, 2.24) is 0 Å². The molecular weight excluding hydrogens is 336 g/mol. The van der Waals surface area contributed by atoms with Crippen LogP contribution in [0.25, 0.3) is 0 Å². The van der Waals surface area contributed by atoms with Crippen molar-refractivity contribution in [2.75, 3.05) is 0 Å². The van der Waals surface area contributed by atoms with Crippen LogP contribution in [0.4, 0.5) is 0 Å². The Kier molecular flexibility index (Phi) is 2.56. The monoisotopic (exact) mass is 366 g/mol. The first kappa shape index (κ1) is 15.8. The second kappa shape index (κ2) is 4.39. The SMILES string of the molecule is C[C@]12CCC(=O)C=C1[C@@H]1C[C@@H]1C1[C@@H]2CC[C@@]2(C)[C@@H]1[C@@H]1C[C@@H]1[C@@]21CCC(=O)O1. The van der Waals surface area contributed by atoms with E-state index in [9.17, 15) is 9.59 Å². The van der Waals surface area contributed by atoms with E-state index in [1.165, 1.54) is 31.3 Å². The highest BCUT2D eigenvalue weighted by Gasteiger charge is 2.81. The third-order valence-corrected chi connectivity index (χ3v) is 10.9. The minimum atomic E-state index is -0.131. The van der Waals surface area contributed by atoms with Gasteiger partial charge >= 0.3 is 5.97 Å². The van der Waals surface area contributed by atoms with Crippen LogP contribution < -0.4 is 0 Å². The average Bonchev–Trinajstić information content (AvgIpc) is 3.53. The summed E-state index contributed by atoms with van der Waals surface area (Å²) in [5, 5.41) is 0. The van der Waals surface area contributed by atoms with Crippen molar-refractivity contribution in [1.29, 1.82) is 0 Å². The molecule has 0 bridgehead atoms. The number of esters is 1. The third-order valence-electron chi connectivity index (χ3n) is 10.9. The summed E-state index contributed by atoms with van der Waals surface area (Å²) in [5.41, 5.74) is 1.85. The Balaban J connectivity index is 1.33. The summed E-state index contributed by atoms with van der Waals surface area (Å²) in [4.78, 5) is 24.3. The molecule has 7 rings (SSSR count). The van der Waals surface area contributed by atoms with E-state index in [0.717, 1.165) is 48.9 Å². The summed E-state index contributed by atoms with van der Waals surface area (Å²) in [7, 11) is 0. The predicted molar refractivity (Wildman–Crippen MR) is 99.5 cm³/mol. The molecule has 3 heteroatoms. The Morgan fingerprint density at radius 3 is 2.63 bits per heavy atom. The van der Waals surface area contributed by atoms with Crippen LogP contribution in [0.3, 0.4) is 0 Å². The number of rotatable bonds is 0. The number of allylic oxidation sites excluding steroid dienone is 1. The molecule has 6 aliphatic carbocycles. The summed E-state index contributed by atoms with van der Waals surface area (Å²) in [5.74, 6) is 5.65. The fraction of sp³-hybridized carbons (Fsp3) is 0.833. The fourth-order valence-electron chi connectivity index (χ4n) is 9.74. The van der Waals surface area contributed by atoms with Gasteiger partial charge in [0.25, 0.3) is 0 Å². The zero-order valence-corrected chi connectivity index (χ0v) is 16.5. The van der Waals surface area contributed by atoms with Crippen LogP contribution in [-0.4, -0.2) is 17.4 Å². The summed E-state index contributed by atoms with van der Waals surface area (Å²) < 4.78 is 6.22. The van der Waals surface area contributed by atoms with Crippen molar-refractivity contribution in [3.8, 4) is 0 Å². The molecule has 1 unspecified atom stereocenters. The topological polar surface area (TPSA) is 43.4 Å². The molecule has 1 aliphatic heterocycles. The number of ketones is 1. The van der Waals surface area contributed by atoms with E-state index in [-0.39, 0.29) is 22.4 Å². The lowest BCUT2D eigenvalue weighted by atomic mass is 9.45. The molecule has 0 radical (unpaired) electrons. The largest absolute Gasteiger partial charge is 0.458 e. The molecule has 1 saturated heterocycles. The molecule has 0 amide bonds. The second-order valence-corrected chi connectivity index (χ2v) is 11.5. The summed E-state index contributed by atoms with van der Waals surface area (Å²) in [6, 6.07) is 0. The number of hydrogen-bond donors (Lipinski definition) is 0. The Labute approximate surface area is 161 Å². The van der Waals surface area contributed by atoms with Crippen LogP contribution in [0.2, 0.25) is 0 Å². The number of carbonyl (C=O) groups excluding carboxylic acids is 2. The first-order valence-corrected chi connectivity index (χ1v) is 11.4. The second-order valence-electron chi connectivity index (χ2n) is 11.5. The maximum absolute atomic E-state index is 12.2. The molecule has 6 fully saturated rings. The van der Waals surface area contributed by atoms with E-state index in [1.54, 1.807) is 0 Å². The maximum Gasteiger partial charge on any atom is 0.306 e. The van der Waals surface area contributed by atoms with Gasteiger partial charge in [0.2, 0.25) is 0 Å². The predicted octanol–water partition coefficient (Wildman–Crippen LogP) is 4.31. The van der Waals surface area contributed by atoms with Crippen molar-refractivity contribution in [3.05, 3.63) is 11.6 Å². The molecule has 1 spiro atoms. The lowest BCUT2D eigenvalue weighted by molar-refractivity contribution is -0.177. The van der Waals surface area contributed by atoms with Gasteiger partial charge in [-0.3, -0.25) is 9.59 Å². The number of fused-ring (bicyclic) bond motifs is 12. The lowest BCUT2D eigenvalue weighted by Crippen LogP contribution is -2.57. The average molecular weight is 367 g/mol. The molecule has 7 aliphatic rings. The molecule has 27 heavy (non-hydrogen) atoms. The van der Waals surface area contributed by atoms with Gasteiger partial charge in [0, 0.05) is 24.2 Å². The molecule has 3 nitrogen and oxygen atoms in total. The standard InChI is InChI=1S/C24H30O3/c1-22-6-3-12(25)9-17(22)13-10-14(13)20-16(22)4-7-23(2)21(20)15-11-18(15)24(23)8-5-19(26)27-24/h9,13-16,18,20-21H,3-8,10-11H2,1-2H3/t13-,14+,15-,16+,18+,20?,21-,22-,23+,24+/m1/s1. The lowest BCUT2D eigenvalue weighted by Gasteiger charge is -2.60. The van der Waals surface area contributed by atoms with Gasteiger partial charge in [0.1, 0.15) is 5.60 Å². The smallest absolute Gasteiger partial charge is 0.306 e. The number of hydrogen-bond acceptors (Lipinski definition) is 3. The van der Waals surface area contributed by atoms with Gasteiger partial charge in [0.15, 0.2) is 5.78 Å². The molecule has 10 atom stereocenters. The Morgan fingerprint density at radius 1 is 1.00 bits per heavy atom. The quantitative estimate of drug-likeness (QED) is 0.600. The van der Waals surface area contributed by atoms with Crippen molar-refractivity contribution >= 4 is 11.8 Å². The van der Waals surface area contributed by atoms with Crippen molar-refractivity contribution < 1.29 is 14.3 Å². The van der Waals surface area contributed by atoms with Gasteiger partial charge in [-0.15, -0.1) is 0 Å². The van der Waals surface area contributed by atoms with E-state index in [2.05, 4.69) is 19.9 Å². The van der Waals surface area contributed by atoms with Gasteiger partial charge < -0.3 is 4.74 Å². The molecule has 1 heterocycles. The van der Waals surface area contributed by atoms with Gasteiger partial charge in [0.05, 0.1) is 0 Å². The third kappa shape index (κ3) is 1.58. The van der Waals surface area contributed by atoms with Gasteiger partial charge in [-0.25, -0.2) is 0 Å². The van der Waals surface area contributed by atoms with Gasteiger partial charge in [-0.1, -0.05) is 19.4 Å². The number of carbonyl (C=O) groups is 2. The molecule has 0 aromatic rings. The first-order chi connectivity index (χ1) is 12.9. The maximum atomic E-state index is 12.2. The van der Waals surface area contributed by atoms with E-state index >= 15 is 0 Å². The van der Waals surface area contributed by atoms with Crippen LogP contribution in [0.15, 0.2) is 11.6 Å². The van der Waals surface area contributed by atoms with Crippen LogP contribution in [0.5, 0.6) is 0 Å². The Bertz CT molecular complexity index is 827. The highest BCUT2D eigenvalue weighted by molar-refractivity contribution is 5.92. The van der Waals surface area contributed by atoms with Crippen LogP contribution in [0, 0.1) is 52.3 Å². The Morgan fingerprint density at radius 2 is 1.85 bits per heavy atom. The highest BCUT2D eigenvalue weighted by Crippen LogP contribution is 2.82. The summed E-state index contributed by atoms with van der Waals surface area (Å²) in [6.07, 6.45) is 10.6. The van der Waals surface area contributed by atoms with Crippen LogP contribution in [-0.2, 0) is 14.3 Å². The van der Waals surface area contributed by atoms with E-state index in [4.69, 9.17) is 4.74 Å². The fourth-order valence-corrected chi connectivity index (χ4v) is 9.74. The van der Waals surface area contributed by atoms with E-state index in [1.807, 2.05) is 0 Å². The van der Waals surface area contributed by atoms with E-state index in [0.29, 0.717) is 24.0 Å². The van der Waals surface area contributed by atoms with E-state index < -0.39 is 0 Å². The van der Waals surface area contributed by atoms with Crippen molar-refractivity contribution in [2.24, 2.45) is 52.3 Å². The summed E-state index contributed by atoms with van der Waals surface area (Å²) in [6.45, 7) is 4.99. The Hall–Kier alpha value is -1.12. The molecule has 144 valence electrons. The zero-order valence-electron chi connectivity index (χ0n) is 16.5. The first-order valence-electron chi connectivity index (χ1n) is 11.4. The molecule has 5 saturated carbocycles. The van der Waals surface area contributed by atoms with Gasteiger partial charge in [-0.05, 0) is 85.5 Å². The highest BCUT2D eigenvalue weighted by atomic mass is 16.6. The normalized spacial score (nSPS) is 62.0. The number of ether oxygens (including phenoxy) is 1. The van der Waals surface area contributed by atoms with Crippen LogP contribution >= 0.6 is 0 Å². The zero-order chi connectivity index (χ0) is 18.3. The molecular formula is C24H30O3. The van der Waals surface area contributed by atoms with Gasteiger partial charge in [-0.2, -0.15) is 0 Å².